The van der Waals surface area contributed by atoms with Gasteiger partial charge < -0.3 is 14.4 Å². The van der Waals surface area contributed by atoms with Crippen LogP contribution in [0, 0.1) is 5.82 Å². The Morgan fingerprint density at radius 2 is 1.91 bits per heavy atom. The number of hydrogen-bond donors (Lipinski definition) is 1. The average Bonchev–Trinajstić information content (AvgIpc) is 3.35. The lowest BCUT2D eigenvalue weighted by Gasteiger charge is -2.29. The summed E-state index contributed by atoms with van der Waals surface area (Å²) in [5.74, 6) is 1.22. The van der Waals surface area contributed by atoms with Crippen molar-refractivity contribution in [2.75, 3.05) is 25.1 Å². The molecule has 1 atom stereocenters. The Balaban J connectivity index is 1.43. The standard InChI is InChI=1S/C24H19FN6O3/c1-30(12-14-13-33-19-8-4-5-9-20(19)34-14)24-26-10-15-21-16(11-27-29-21)23(32)31(22(15)28-24)18-7-3-2-6-17(18)25/h2-11,14H,12-13H2,1H3,(H,27,29). The number of aromatic amines is 1. The summed E-state index contributed by atoms with van der Waals surface area (Å²) in [7, 11) is 1.82. The number of anilines is 1. The summed E-state index contributed by atoms with van der Waals surface area (Å²) in [5.41, 5.74) is 0.458. The predicted octanol–water partition coefficient (Wildman–Crippen LogP) is 3.07. The Bertz CT molecular complexity index is 1600. The summed E-state index contributed by atoms with van der Waals surface area (Å²) in [5, 5.41) is 7.71. The van der Waals surface area contributed by atoms with Crippen molar-refractivity contribution in [1.82, 2.24) is 24.7 Å². The number of aromatic nitrogens is 5. The lowest BCUT2D eigenvalue weighted by Crippen LogP contribution is -2.40. The highest BCUT2D eigenvalue weighted by atomic mass is 19.1. The molecule has 0 radical (unpaired) electrons. The van der Waals surface area contributed by atoms with Crippen LogP contribution in [0.25, 0.3) is 27.6 Å². The van der Waals surface area contributed by atoms with Gasteiger partial charge in [0.1, 0.15) is 12.4 Å². The van der Waals surface area contributed by atoms with Crippen molar-refractivity contribution in [3.8, 4) is 17.2 Å². The lowest BCUT2D eigenvalue weighted by molar-refractivity contribution is 0.0958. The highest BCUT2D eigenvalue weighted by Crippen LogP contribution is 2.31. The fourth-order valence-corrected chi connectivity index (χ4v) is 4.16. The summed E-state index contributed by atoms with van der Waals surface area (Å²) in [4.78, 5) is 24.3. The molecule has 0 spiro atoms. The van der Waals surface area contributed by atoms with Gasteiger partial charge in [0.05, 0.1) is 34.7 Å². The minimum atomic E-state index is -0.534. The van der Waals surface area contributed by atoms with Crippen LogP contribution in [0.2, 0.25) is 0 Å². The molecule has 4 heterocycles. The van der Waals surface area contributed by atoms with Crippen molar-refractivity contribution in [3.05, 3.63) is 77.1 Å². The zero-order valence-electron chi connectivity index (χ0n) is 18.1. The number of fused-ring (bicyclic) bond motifs is 4. The van der Waals surface area contributed by atoms with Gasteiger partial charge in [0, 0.05) is 13.2 Å². The quantitative estimate of drug-likeness (QED) is 0.442. The van der Waals surface area contributed by atoms with Crippen molar-refractivity contribution in [1.29, 1.82) is 0 Å². The number of benzene rings is 2. The number of halogens is 1. The van der Waals surface area contributed by atoms with E-state index in [9.17, 15) is 9.18 Å². The van der Waals surface area contributed by atoms with Crippen LogP contribution in [0.1, 0.15) is 0 Å². The van der Waals surface area contributed by atoms with Crippen LogP contribution in [0.5, 0.6) is 11.5 Å². The van der Waals surface area contributed by atoms with E-state index in [1.54, 1.807) is 18.3 Å². The highest BCUT2D eigenvalue weighted by Gasteiger charge is 2.24. The lowest BCUT2D eigenvalue weighted by atomic mass is 10.2. The second kappa shape index (κ2) is 7.84. The number of likely N-dealkylation sites (N-methyl/N-ethyl adjacent to an activating group) is 1. The van der Waals surface area contributed by atoms with Crippen molar-refractivity contribution >= 4 is 27.9 Å². The molecule has 0 fully saturated rings. The van der Waals surface area contributed by atoms with Crippen molar-refractivity contribution in [2.45, 2.75) is 6.10 Å². The third kappa shape index (κ3) is 3.22. The monoisotopic (exact) mass is 458 g/mol. The van der Waals surface area contributed by atoms with E-state index in [2.05, 4.69) is 20.2 Å². The summed E-state index contributed by atoms with van der Waals surface area (Å²) in [6.07, 6.45) is 2.79. The first-order valence-corrected chi connectivity index (χ1v) is 10.7. The number of nitrogens with zero attached hydrogens (tertiary/aromatic N) is 5. The van der Waals surface area contributed by atoms with Crippen LogP contribution in [0.3, 0.4) is 0 Å². The van der Waals surface area contributed by atoms with Gasteiger partial charge in [-0.15, -0.1) is 0 Å². The molecule has 6 rings (SSSR count). The minimum Gasteiger partial charge on any atom is -0.486 e. The van der Waals surface area contributed by atoms with Crippen LogP contribution in [-0.2, 0) is 0 Å². The molecular weight excluding hydrogens is 439 g/mol. The van der Waals surface area contributed by atoms with E-state index >= 15 is 0 Å². The molecule has 170 valence electrons. The molecule has 1 unspecified atom stereocenters. The molecule has 1 aliphatic heterocycles. The maximum Gasteiger partial charge on any atom is 0.267 e. The molecule has 34 heavy (non-hydrogen) atoms. The van der Waals surface area contributed by atoms with Crippen molar-refractivity contribution in [3.63, 3.8) is 0 Å². The van der Waals surface area contributed by atoms with E-state index in [-0.39, 0.29) is 17.4 Å². The van der Waals surface area contributed by atoms with Crippen LogP contribution >= 0.6 is 0 Å². The molecule has 1 aliphatic rings. The molecule has 0 amide bonds. The number of rotatable bonds is 4. The molecule has 5 aromatic rings. The second-order valence-corrected chi connectivity index (χ2v) is 8.04. The third-order valence-electron chi connectivity index (χ3n) is 5.79. The zero-order valence-corrected chi connectivity index (χ0v) is 18.1. The van der Waals surface area contributed by atoms with E-state index in [1.807, 2.05) is 36.2 Å². The van der Waals surface area contributed by atoms with Gasteiger partial charge in [0.25, 0.3) is 5.56 Å². The van der Waals surface area contributed by atoms with Crippen molar-refractivity contribution in [2.24, 2.45) is 0 Å². The first-order valence-electron chi connectivity index (χ1n) is 10.7. The molecular formula is C24H19FN6O3. The van der Waals surface area contributed by atoms with E-state index in [0.717, 1.165) is 0 Å². The summed E-state index contributed by atoms with van der Waals surface area (Å²) < 4.78 is 27.8. The van der Waals surface area contributed by atoms with Crippen molar-refractivity contribution < 1.29 is 13.9 Å². The van der Waals surface area contributed by atoms with Gasteiger partial charge in [-0.3, -0.25) is 14.5 Å². The van der Waals surface area contributed by atoms with Crippen LogP contribution in [0.4, 0.5) is 10.3 Å². The number of para-hydroxylation sites is 3. The molecule has 0 saturated carbocycles. The van der Waals surface area contributed by atoms with Gasteiger partial charge >= 0.3 is 0 Å². The smallest absolute Gasteiger partial charge is 0.267 e. The van der Waals surface area contributed by atoms with E-state index in [0.29, 0.717) is 46.9 Å². The topological polar surface area (TPSA) is 98.2 Å². The first-order chi connectivity index (χ1) is 16.6. The normalized spacial score (nSPS) is 15.1. The SMILES string of the molecule is CN(CC1COc2ccccc2O1)c1ncc2c3[nH]ncc3c(=O)n(-c3ccccc3F)c2n1. The second-order valence-electron chi connectivity index (χ2n) is 8.04. The van der Waals surface area contributed by atoms with E-state index in [1.165, 1.54) is 22.9 Å². The molecule has 1 N–H and O–H groups in total. The van der Waals surface area contributed by atoms with Gasteiger partial charge in [-0.05, 0) is 24.3 Å². The molecule has 9 nitrogen and oxygen atoms in total. The number of ether oxygens (including phenoxy) is 2. The molecule has 0 saturated heterocycles. The fourth-order valence-electron chi connectivity index (χ4n) is 4.16. The molecule has 0 bridgehead atoms. The Hall–Kier alpha value is -4.47. The molecule has 2 aromatic carbocycles. The Morgan fingerprint density at radius 3 is 2.76 bits per heavy atom. The van der Waals surface area contributed by atoms with Crippen LogP contribution < -0.4 is 19.9 Å². The van der Waals surface area contributed by atoms with Crippen LogP contribution in [-0.4, -0.2) is 51.0 Å². The highest BCUT2D eigenvalue weighted by molar-refractivity contribution is 6.02. The minimum absolute atomic E-state index is 0.105. The number of pyridine rings is 1. The summed E-state index contributed by atoms with van der Waals surface area (Å²) >= 11 is 0. The van der Waals surface area contributed by atoms with Gasteiger partial charge in [-0.25, -0.2) is 9.37 Å². The van der Waals surface area contributed by atoms with Crippen LogP contribution in [0.15, 0.2) is 65.7 Å². The number of hydrogen-bond acceptors (Lipinski definition) is 7. The van der Waals surface area contributed by atoms with Gasteiger partial charge in [-0.2, -0.15) is 10.1 Å². The Labute approximate surface area is 192 Å². The first kappa shape index (κ1) is 20.2. The summed E-state index contributed by atoms with van der Waals surface area (Å²) in [6.45, 7) is 0.819. The third-order valence-corrected chi connectivity index (χ3v) is 5.79. The number of nitrogens with one attached hydrogen (secondary N) is 1. The molecule has 3 aromatic heterocycles. The van der Waals surface area contributed by atoms with Gasteiger partial charge in [0.15, 0.2) is 23.3 Å². The zero-order chi connectivity index (χ0) is 23.2. The predicted molar refractivity (Wildman–Crippen MR) is 124 cm³/mol. The maximum absolute atomic E-state index is 14.7. The average molecular weight is 458 g/mol. The Kier molecular flexibility index (Phi) is 4.65. The maximum atomic E-state index is 14.7. The fraction of sp³-hybridized carbons (Fsp3) is 0.167. The molecule has 0 aliphatic carbocycles. The van der Waals surface area contributed by atoms with Gasteiger partial charge in [-0.1, -0.05) is 24.3 Å². The molecule has 10 heteroatoms. The number of H-pyrrole nitrogens is 1. The van der Waals surface area contributed by atoms with E-state index < -0.39 is 11.4 Å². The van der Waals surface area contributed by atoms with E-state index in [4.69, 9.17) is 9.47 Å². The Morgan fingerprint density at radius 1 is 1.12 bits per heavy atom. The summed E-state index contributed by atoms with van der Waals surface area (Å²) in [6, 6.07) is 13.6. The largest absolute Gasteiger partial charge is 0.486 e. The van der Waals surface area contributed by atoms with Gasteiger partial charge in [0.2, 0.25) is 5.95 Å².